The Balaban J connectivity index is 1.48. The Bertz CT molecular complexity index is 1140. The molecule has 2 heterocycles. The number of nitrogens with one attached hydrogen (secondary N) is 1. The van der Waals surface area contributed by atoms with Gasteiger partial charge >= 0.3 is 0 Å². The lowest BCUT2D eigenvalue weighted by atomic mass is 10.1. The van der Waals surface area contributed by atoms with E-state index in [1.165, 1.54) is 26.4 Å². The van der Waals surface area contributed by atoms with Gasteiger partial charge in [-0.3, -0.25) is 19.4 Å². The topological polar surface area (TPSA) is 113 Å². The Labute approximate surface area is 186 Å². The van der Waals surface area contributed by atoms with E-state index in [1.807, 2.05) is 0 Å². The fourth-order valence-corrected chi connectivity index (χ4v) is 3.67. The monoisotopic (exact) mass is 461 g/mol. The van der Waals surface area contributed by atoms with Crippen molar-refractivity contribution in [1.29, 1.82) is 0 Å². The van der Waals surface area contributed by atoms with Crippen molar-refractivity contribution in [2.45, 2.75) is 12.1 Å². The molecule has 2 unspecified atom stereocenters. The van der Waals surface area contributed by atoms with Crippen molar-refractivity contribution in [2.24, 2.45) is 10.3 Å². The van der Waals surface area contributed by atoms with Crippen LogP contribution in [0.3, 0.4) is 0 Å². The maximum Gasteiger partial charge on any atom is 0.263 e. The van der Waals surface area contributed by atoms with E-state index in [2.05, 4.69) is 15.7 Å². The zero-order valence-electron chi connectivity index (χ0n) is 16.9. The van der Waals surface area contributed by atoms with E-state index >= 15 is 0 Å². The number of amides is 3. The zero-order valence-corrected chi connectivity index (χ0v) is 17.7. The number of carbonyl (C=O) groups excluding carboxylic acids is 3. The summed E-state index contributed by atoms with van der Waals surface area (Å²) in [5.74, 6) is -1.50. The first kappa shape index (κ1) is 21.5. The molecule has 0 radical (unpaired) electrons. The molecule has 0 spiro atoms. The first-order chi connectivity index (χ1) is 15.3. The number of imide groups is 1. The highest BCUT2D eigenvalue weighted by Crippen LogP contribution is 2.34. The van der Waals surface area contributed by atoms with Crippen LogP contribution in [0.4, 0.5) is 15.8 Å². The van der Waals surface area contributed by atoms with Crippen molar-refractivity contribution in [3.8, 4) is 11.5 Å². The van der Waals surface area contributed by atoms with Gasteiger partial charge in [0, 0.05) is 11.8 Å². The molecule has 1 fully saturated rings. The van der Waals surface area contributed by atoms with Crippen molar-refractivity contribution in [3.63, 3.8) is 0 Å². The number of rotatable bonds is 6. The Morgan fingerprint density at radius 1 is 1.12 bits per heavy atom. The second-order valence-corrected chi connectivity index (χ2v) is 7.33. The van der Waals surface area contributed by atoms with Crippen LogP contribution < -0.4 is 19.7 Å². The van der Waals surface area contributed by atoms with E-state index in [0.29, 0.717) is 17.2 Å². The van der Waals surface area contributed by atoms with Gasteiger partial charge in [0.15, 0.2) is 23.6 Å². The van der Waals surface area contributed by atoms with Crippen LogP contribution in [-0.2, 0) is 14.4 Å². The van der Waals surface area contributed by atoms with E-state index in [0.717, 1.165) is 16.0 Å². The molecule has 0 bridgehead atoms. The number of benzene rings is 2. The molecule has 4 rings (SSSR count). The highest BCUT2D eigenvalue weighted by atomic mass is 35.5. The molecule has 3 amide bonds. The highest BCUT2D eigenvalue weighted by molar-refractivity contribution is 6.32. The third-order valence-corrected chi connectivity index (χ3v) is 5.28. The van der Waals surface area contributed by atoms with Gasteiger partial charge in [0.25, 0.3) is 11.8 Å². The van der Waals surface area contributed by atoms with Crippen molar-refractivity contribution in [1.82, 2.24) is 5.01 Å². The summed E-state index contributed by atoms with van der Waals surface area (Å²) in [6.45, 7) is -0.323. The van der Waals surface area contributed by atoms with E-state index in [-0.39, 0.29) is 17.3 Å². The van der Waals surface area contributed by atoms with E-state index in [9.17, 15) is 18.8 Å². The summed E-state index contributed by atoms with van der Waals surface area (Å²) in [6.07, 6.45) is 0. The molecule has 10 nitrogen and oxygen atoms in total. The van der Waals surface area contributed by atoms with E-state index in [1.54, 1.807) is 18.2 Å². The van der Waals surface area contributed by atoms with Gasteiger partial charge in [-0.05, 0) is 30.3 Å². The van der Waals surface area contributed by atoms with Crippen molar-refractivity contribution < 1.29 is 28.2 Å². The molecule has 0 aliphatic carbocycles. The molecule has 2 aromatic rings. The summed E-state index contributed by atoms with van der Waals surface area (Å²) in [5, 5.41) is 11.3. The standard InChI is InChI=1S/C20H17ClFN5O5/c1-31-14-6-3-10(7-15(14)32-2)23-16(28)9-26-18-17(24-25-26)19(29)27(20(18)30)11-4-5-13(22)12(21)8-11/h3-8,17-18H,9H2,1-2H3,(H,23,28). The van der Waals surface area contributed by atoms with Gasteiger partial charge < -0.3 is 14.8 Å². The molecule has 0 aromatic heterocycles. The Morgan fingerprint density at radius 2 is 1.88 bits per heavy atom. The third kappa shape index (κ3) is 3.71. The molecular weight excluding hydrogens is 445 g/mol. The van der Waals surface area contributed by atoms with Crippen LogP contribution in [0.25, 0.3) is 0 Å². The minimum Gasteiger partial charge on any atom is -0.493 e. The Kier molecular flexibility index (Phi) is 5.66. The molecule has 1 N–H and O–H groups in total. The summed E-state index contributed by atoms with van der Waals surface area (Å²) in [4.78, 5) is 39.1. The quantitative estimate of drug-likeness (QED) is 0.661. The predicted octanol–water partition coefficient (Wildman–Crippen LogP) is 2.43. The Hall–Kier alpha value is -3.73. The van der Waals surface area contributed by atoms with Crippen LogP contribution in [0.1, 0.15) is 0 Å². The summed E-state index contributed by atoms with van der Waals surface area (Å²) in [7, 11) is 2.96. The number of halogens is 2. The van der Waals surface area contributed by atoms with Crippen LogP contribution in [-0.4, -0.2) is 55.6 Å². The summed E-state index contributed by atoms with van der Waals surface area (Å²) in [5.41, 5.74) is 0.558. The minimum atomic E-state index is -1.10. The van der Waals surface area contributed by atoms with Crippen LogP contribution in [0.5, 0.6) is 11.5 Å². The molecule has 2 aromatic carbocycles. The lowest BCUT2D eigenvalue weighted by Crippen LogP contribution is -2.43. The van der Waals surface area contributed by atoms with Gasteiger partial charge in [0.05, 0.1) is 24.9 Å². The molecule has 0 saturated carbocycles. The molecule has 1 saturated heterocycles. The predicted molar refractivity (Wildman–Crippen MR) is 111 cm³/mol. The van der Waals surface area contributed by atoms with Gasteiger partial charge in [0.2, 0.25) is 5.91 Å². The maximum atomic E-state index is 13.5. The second kappa shape index (κ2) is 8.42. The number of methoxy groups -OCH3 is 2. The molecule has 2 aliphatic heterocycles. The number of fused-ring (bicyclic) bond motifs is 1. The average molecular weight is 462 g/mol. The lowest BCUT2D eigenvalue weighted by molar-refractivity contribution is -0.123. The zero-order chi connectivity index (χ0) is 23.0. The fraction of sp³-hybridized carbons (Fsp3) is 0.250. The average Bonchev–Trinajstić information content (AvgIpc) is 3.29. The van der Waals surface area contributed by atoms with Gasteiger partial charge in [-0.25, -0.2) is 9.29 Å². The van der Waals surface area contributed by atoms with Crippen LogP contribution >= 0.6 is 11.6 Å². The number of anilines is 2. The first-order valence-electron chi connectivity index (χ1n) is 9.36. The normalized spacial score (nSPS) is 19.4. The highest BCUT2D eigenvalue weighted by Gasteiger charge is 2.55. The molecule has 32 heavy (non-hydrogen) atoms. The molecule has 166 valence electrons. The number of hydrogen-bond donors (Lipinski definition) is 1. The number of hydrogen-bond acceptors (Lipinski definition) is 8. The fourth-order valence-electron chi connectivity index (χ4n) is 3.49. The summed E-state index contributed by atoms with van der Waals surface area (Å²) < 4.78 is 23.8. The SMILES string of the molecule is COc1ccc(NC(=O)CN2N=NC3C(=O)N(c4ccc(F)c(Cl)c4)C(=O)C32)cc1OC. The molecule has 2 atom stereocenters. The van der Waals surface area contributed by atoms with Gasteiger partial charge in [-0.1, -0.05) is 16.8 Å². The minimum absolute atomic E-state index is 0.116. The number of ether oxygens (including phenoxy) is 2. The maximum absolute atomic E-state index is 13.5. The van der Waals surface area contributed by atoms with E-state index < -0.39 is 35.6 Å². The molecular formula is C20H17ClFN5O5. The molecule has 2 aliphatic rings. The van der Waals surface area contributed by atoms with Gasteiger partial charge in [-0.2, -0.15) is 5.11 Å². The third-order valence-electron chi connectivity index (χ3n) is 4.99. The summed E-state index contributed by atoms with van der Waals surface area (Å²) in [6, 6.07) is 6.16. The van der Waals surface area contributed by atoms with Crippen LogP contribution in [0.2, 0.25) is 5.02 Å². The van der Waals surface area contributed by atoms with Crippen molar-refractivity contribution in [3.05, 3.63) is 47.2 Å². The van der Waals surface area contributed by atoms with E-state index in [4.69, 9.17) is 21.1 Å². The first-order valence-corrected chi connectivity index (χ1v) is 9.74. The summed E-state index contributed by atoms with van der Waals surface area (Å²) >= 11 is 5.78. The van der Waals surface area contributed by atoms with Crippen molar-refractivity contribution in [2.75, 3.05) is 31.0 Å². The smallest absolute Gasteiger partial charge is 0.263 e. The van der Waals surface area contributed by atoms with Crippen LogP contribution in [0.15, 0.2) is 46.7 Å². The van der Waals surface area contributed by atoms with Crippen molar-refractivity contribution >= 4 is 40.7 Å². The second-order valence-electron chi connectivity index (χ2n) is 6.92. The van der Waals surface area contributed by atoms with Gasteiger partial charge in [-0.15, -0.1) is 0 Å². The largest absolute Gasteiger partial charge is 0.493 e. The van der Waals surface area contributed by atoms with Gasteiger partial charge in [0.1, 0.15) is 12.4 Å². The number of carbonyl (C=O) groups is 3. The van der Waals surface area contributed by atoms with Crippen LogP contribution in [0, 0.1) is 5.82 Å². The lowest BCUT2D eigenvalue weighted by Gasteiger charge is -2.20. The number of nitrogens with zero attached hydrogens (tertiary/aromatic N) is 4. The molecule has 12 heteroatoms. The Morgan fingerprint density at radius 3 is 2.56 bits per heavy atom.